The zero-order valence-corrected chi connectivity index (χ0v) is 14.9. The normalized spacial score (nSPS) is 16.8. The van der Waals surface area contributed by atoms with E-state index in [1.54, 1.807) is 0 Å². The van der Waals surface area contributed by atoms with Gasteiger partial charge in [-0.15, -0.1) is 0 Å². The number of amides is 1. The van der Waals surface area contributed by atoms with E-state index in [4.69, 9.17) is 10.2 Å². The average molecular weight is 342 g/mol. The second kappa shape index (κ2) is 7.80. The fraction of sp³-hybridized carbons (Fsp3) is 0.474. The quantitative estimate of drug-likeness (QED) is 0.891. The summed E-state index contributed by atoms with van der Waals surface area (Å²) >= 11 is 0. The molecule has 1 aromatic carbocycles. The van der Waals surface area contributed by atoms with Gasteiger partial charge in [0, 0.05) is 26.2 Å². The summed E-state index contributed by atoms with van der Waals surface area (Å²) in [4.78, 5) is 21.1. The van der Waals surface area contributed by atoms with Crippen molar-refractivity contribution in [2.75, 3.05) is 26.2 Å². The Morgan fingerprint density at radius 2 is 1.88 bits per heavy atom. The lowest BCUT2D eigenvalue weighted by Gasteiger charge is -2.35. The fourth-order valence-electron chi connectivity index (χ4n) is 3.11. The predicted molar refractivity (Wildman–Crippen MR) is 96.0 cm³/mol. The molecule has 1 fully saturated rings. The van der Waals surface area contributed by atoms with Gasteiger partial charge in [-0.1, -0.05) is 30.3 Å². The minimum atomic E-state index is -0.481. The summed E-state index contributed by atoms with van der Waals surface area (Å²) in [5.41, 5.74) is 8.16. The largest absolute Gasteiger partial charge is 0.444 e. The molecule has 2 N–H and O–H groups in total. The molecule has 1 unspecified atom stereocenters. The van der Waals surface area contributed by atoms with Gasteiger partial charge in [0.25, 0.3) is 0 Å². The van der Waals surface area contributed by atoms with Crippen LogP contribution < -0.4 is 5.73 Å². The minimum absolute atomic E-state index is 0.0336. The second-order valence-electron chi connectivity index (χ2n) is 6.65. The molecular weight excluding hydrogens is 316 g/mol. The van der Waals surface area contributed by atoms with Gasteiger partial charge >= 0.3 is 0 Å². The summed E-state index contributed by atoms with van der Waals surface area (Å²) in [6.45, 7) is 7.57. The topological polar surface area (TPSA) is 75.6 Å². The van der Waals surface area contributed by atoms with Crippen LogP contribution in [0.1, 0.15) is 22.9 Å². The van der Waals surface area contributed by atoms with Crippen LogP contribution in [0.5, 0.6) is 0 Å². The molecule has 2 aromatic rings. The van der Waals surface area contributed by atoms with Gasteiger partial charge in [0.2, 0.25) is 11.8 Å². The number of nitrogens with zero attached hydrogens (tertiary/aromatic N) is 3. The number of oxazole rings is 1. The van der Waals surface area contributed by atoms with Crippen LogP contribution in [-0.4, -0.2) is 52.9 Å². The molecule has 1 amide bonds. The van der Waals surface area contributed by atoms with E-state index in [0.717, 1.165) is 36.0 Å². The molecule has 3 rings (SSSR count). The first-order valence-corrected chi connectivity index (χ1v) is 8.76. The Bertz CT molecular complexity index is 686. The summed E-state index contributed by atoms with van der Waals surface area (Å²) < 4.78 is 5.64. The van der Waals surface area contributed by atoms with Crippen LogP contribution in [0.2, 0.25) is 0 Å². The van der Waals surface area contributed by atoms with Crippen LogP contribution in [0.4, 0.5) is 0 Å². The summed E-state index contributed by atoms with van der Waals surface area (Å²) in [5, 5.41) is 0. The third-order valence-electron chi connectivity index (χ3n) is 4.73. The Kier molecular flexibility index (Phi) is 5.50. The van der Waals surface area contributed by atoms with Gasteiger partial charge in [-0.3, -0.25) is 9.69 Å². The first kappa shape index (κ1) is 17.6. The maximum atomic E-state index is 12.6. The molecule has 0 radical (unpaired) electrons. The number of carbonyl (C=O) groups excluding carboxylic acids is 1. The zero-order valence-electron chi connectivity index (χ0n) is 14.9. The van der Waals surface area contributed by atoms with E-state index in [0.29, 0.717) is 26.1 Å². The van der Waals surface area contributed by atoms with Crippen molar-refractivity contribution in [1.29, 1.82) is 0 Å². The van der Waals surface area contributed by atoms with Crippen LogP contribution in [0.15, 0.2) is 34.7 Å². The van der Waals surface area contributed by atoms with Crippen molar-refractivity contribution < 1.29 is 9.21 Å². The Balaban J connectivity index is 1.48. The molecule has 134 valence electrons. The molecule has 2 heterocycles. The minimum Gasteiger partial charge on any atom is -0.444 e. The molecule has 0 saturated carbocycles. The molecule has 1 aliphatic heterocycles. The summed E-state index contributed by atoms with van der Waals surface area (Å²) in [5.74, 6) is 1.65. The Hall–Kier alpha value is -2.18. The molecule has 0 spiro atoms. The molecule has 6 nitrogen and oxygen atoms in total. The maximum absolute atomic E-state index is 12.6. The second-order valence-corrected chi connectivity index (χ2v) is 6.65. The number of aryl methyl sites for hydroxylation is 2. The van der Waals surface area contributed by atoms with E-state index in [2.05, 4.69) is 9.88 Å². The fourth-order valence-corrected chi connectivity index (χ4v) is 3.11. The van der Waals surface area contributed by atoms with Crippen molar-refractivity contribution in [2.24, 2.45) is 5.73 Å². The average Bonchev–Trinajstić information content (AvgIpc) is 2.93. The van der Waals surface area contributed by atoms with Gasteiger partial charge in [-0.05, 0) is 25.8 Å². The number of carbonyl (C=O) groups is 1. The van der Waals surface area contributed by atoms with E-state index >= 15 is 0 Å². The monoisotopic (exact) mass is 342 g/mol. The molecule has 0 aliphatic carbocycles. The molecule has 6 heteroatoms. The van der Waals surface area contributed by atoms with Crippen LogP contribution >= 0.6 is 0 Å². The zero-order chi connectivity index (χ0) is 17.8. The van der Waals surface area contributed by atoms with Crippen molar-refractivity contribution in [2.45, 2.75) is 32.9 Å². The molecule has 1 atom stereocenters. The lowest BCUT2D eigenvalue weighted by molar-refractivity contribution is -0.134. The Morgan fingerprint density at radius 3 is 2.48 bits per heavy atom. The molecule has 1 saturated heterocycles. The van der Waals surface area contributed by atoms with Crippen LogP contribution in [0.3, 0.4) is 0 Å². The molecule has 1 aromatic heterocycles. The molecule has 25 heavy (non-hydrogen) atoms. The first-order valence-electron chi connectivity index (χ1n) is 8.76. The number of rotatable bonds is 5. The SMILES string of the molecule is Cc1nc(CN2CCN(C(=O)C(N)Cc3ccccc3)CC2)oc1C. The lowest BCUT2D eigenvalue weighted by atomic mass is 10.1. The van der Waals surface area contributed by atoms with E-state index in [1.165, 1.54) is 0 Å². The van der Waals surface area contributed by atoms with Gasteiger partial charge in [0.05, 0.1) is 18.3 Å². The van der Waals surface area contributed by atoms with Crippen molar-refractivity contribution >= 4 is 5.91 Å². The van der Waals surface area contributed by atoms with Gasteiger partial charge < -0.3 is 15.1 Å². The van der Waals surface area contributed by atoms with Crippen LogP contribution in [0.25, 0.3) is 0 Å². The number of piperazine rings is 1. The number of aromatic nitrogens is 1. The van der Waals surface area contributed by atoms with Crippen LogP contribution in [0, 0.1) is 13.8 Å². The van der Waals surface area contributed by atoms with E-state index in [-0.39, 0.29) is 5.91 Å². The summed E-state index contributed by atoms with van der Waals surface area (Å²) in [6.07, 6.45) is 0.578. The van der Waals surface area contributed by atoms with Gasteiger partial charge in [0.1, 0.15) is 5.76 Å². The third-order valence-corrected chi connectivity index (χ3v) is 4.73. The van der Waals surface area contributed by atoms with Gasteiger partial charge in [-0.2, -0.15) is 0 Å². The smallest absolute Gasteiger partial charge is 0.239 e. The lowest BCUT2D eigenvalue weighted by Crippen LogP contribution is -2.53. The Labute approximate surface area is 148 Å². The standard InChI is InChI=1S/C19H26N4O2/c1-14-15(2)25-18(21-14)13-22-8-10-23(11-9-22)19(24)17(20)12-16-6-4-3-5-7-16/h3-7,17H,8-13,20H2,1-2H3. The van der Waals surface area contributed by atoms with Crippen LogP contribution in [-0.2, 0) is 17.8 Å². The number of nitrogens with two attached hydrogens (primary N) is 1. The van der Waals surface area contributed by atoms with E-state index in [9.17, 15) is 4.79 Å². The van der Waals surface area contributed by atoms with Crippen molar-refractivity contribution in [3.63, 3.8) is 0 Å². The number of hydrogen-bond donors (Lipinski definition) is 1. The highest BCUT2D eigenvalue weighted by molar-refractivity contribution is 5.82. The first-order chi connectivity index (χ1) is 12.0. The molecule has 0 bridgehead atoms. The highest BCUT2D eigenvalue weighted by atomic mass is 16.4. The van der Waals surface area contributed by atoms with Crippen molar-refractivity contribution in [3.8, 4) is 0 Å². The van der Waals surface area contributed by atoms with Crippen molar-refractivity contribution in [3.05, 3.63) is 53.2 Å². The Morgan fingerprint density at radius 1 is 1.20 bits per heavy atom. The van der Waals surface area contributed by atoms with E-state index in [1.807, 2.05) is 49.1 Å². The third kappa shape index (κ3) is 4.46. The van der Waals surface area contributed by atoms with Crippen molar-refractivity contribution in [1.82, 2.24) is 14.8 Å². The van der Waals surface area contributed by atoms with E-state index < -0.39 is 6.04 Å². The molecule has 1 aliphatic rings. The highest BCUT2D eigenvalue weighted by Crippen LogP contribution is 2.13. The number of benzene rings is 1. The summed E-state index contributed by atoms with van der Waals surface area (Å²) in [7, 11) is 0. The highest BCUT2D eigenvalue weighted by Gasteiger charge is 2.26. The number of hydrogen-bond acceptors (Lipinski definition) is 5. The van der Waals surface area contributed by atoms with Gasteiger partial charge in [0.15, 0.2) is 0 Å². The van der Waals surface area contributed by atoms with Gasteiger partial charge in [-0.25, -0.2) is 4.98 Å². The molecular formula is C19H26N4O2. The predicted octanol–water partition coefficient (Wildman–Crippen LogP) is 1.51. The summed E-state index contributed by atoms with van der Waals surface area (Å²) in [6, 6.07) is 9.43. The maximum Gasteiger partial charge on any atom is 0.239 e.